The lowest BCUT2D eigenvalue weighted by Crippen LogP contribution is -2.00. The molecule has 3 aromatic rings. The highest BCUT2D eigenvalue weighted by Gasteiger charge is 2.08. The standard InChI is InChI=1S/C16H15N3O/c1-13-16(12-20-15-10-6-3-7-11-15)18-19(17-13)14-8-4-2-5-9-14/h2-11H,12H2,1H3. The molecule has 1 aromatic heterocycles. The fraction of sp³-hybridized carbons (Fsp3) is 0.125. The summed E-state index contributed by atoms with van der Waals surface area (Å²) in [6, 6.07) is 19.6. The third-order valence-electron chi connectivity index (χ3n) is 2.98. The van der Waals surface area contributed by atoms with Crippen LogP contribution in [0.3, 0.4) is 0 Å². The molecule has 3 rings (SSSR count). The van der Waals surface area contributed by atoms with Crippen molar-refractivity contribution < 1.29 is 4.74 Å². The first kappa shape index (κ1) is 12.4. The van der Waals surface area contributed by atoms with Crippen LogP contribution in [0.15, 0.2) is 60.7 Å². The number of hydrogen-bond donors (Lipinski definition) is 0. The maximum atomic E-state index is 5.71. The lowest BCUT2D eigenvalue weighted by Gasteiger charge is -2.03. The summed E-state index contributed by atoms with van der Waals surface area (Å²) in [7, 11) is 0. The number of benzene rings is 2. The summed E-state index contributed by atoms with van der Waals surface area (Å²) in [5.74, 6) is 0.834. The molecule has 0 amide bonds. The van der Waals surface area contributed by atoms with E-state index in [1.807, 2.05) is 67.6 Å². The van der Waals surface area contributed by atoms with Gasteiger partial charge in [0.25, 0.3) is 0 Å². The lowest BCUT2D eigenvalue weighted by atomic mass is 10.3. The van der Waals surface area contributed by atoms with E-state index in [2.05, 4.69) is 10.2 Å². The molecule has 0 bridgehead atoms. The normalized spacial score (nSPS) is 10.4. The van der Waals surface area contributed by atoms with E-state index in [1.54, 1.807) is 4.80 Å². The highest BCUT2D eigenvalue weighted by molar-refractivity contribution is 5.29. The monoisotopic (exact) mass is 265 g/mol. The zero-order valence-corrected chi connectivity index (χ0v) is 11.2. The number of hydrogen-bond acceptors (Lipinski definition) is 3. The van der Waals surface area contributed by atoms with Gasteiger partial charge in [-0.25, -0.2) is 0 Å². The maximum absolute atomic E-state index is 5.71. The summed E-state index contributed by atoms with van der Waals surface area (Å²) in [6.45, 7) is 2.36. The maximum Gasteiger partial charge on any atom is 0.134 e. The van der Waals surface area contributed by atoms with Gasteiger partial charge in [-0.2, -0.15) is 9.90 Å². The van der Waals surface area contributed by atoms with Gasteiger partial charge >= 0.3 is 0 Å². The van der Waals surface area contributed by atoms with Gasteiger partial charge in [0.05, 0.1) is 11.4 Å². The van der Waals surface area contributed by atoms with E-state index in [0.717, 1.165) is 22.8 Å². The molecule has 4 heteroatoms. The first-order chi connectivity index (χ1) is 9.83. The van der Waals surface area contributed by atoms with Gasteiger partial charge < -0.3 is 4.74 Å². The third-order valence-corrected chi connectivity index (χ3v) is 2.98. The highest BCUT2D eigenvalue weighted by Crippen LogP contribution is 2.13. The van der Waals surface area contributed by atoms with E-state index < -0.39 is 0 Å². The molecule has 0 spiro atoms. The minimum absolute atomic E-state index is 0.419. The second-order valence-electron chi connectivity index (χ2n) is 4.46. The van der Waals surface area contributed by atoms with Gasteiger partial charge in [-0.3, -0.25) is 0 Å². The molecule has 2 aromatic carbocycles. The number of aromatic nitrogens is 3. The van der Waals surface area contributed by atoms with Crippen LogP contribution in [0.4, 0.5) is 0 Å². The van der Waals surface area contributed by atoms with Crippen molar-refractivity contribution in [3.05, 3.63) is 72.1 Å². The molecule has 0 N–H and O–H groups in total. The van der Waals surface area contributed by atoms with Gasteiger partial charge in [0, 0.05) is 0 Å². The third kappa shape index (κ3) is 2.69. The fourth-order valence-electron chi connectivity index (χ4n) is 1.89. The number of nitrogens with zero attached hydrogens (tertiary/aromatic N) is 3. The molecule has 1 heterocycles. The Kier molecular flexibility index (Phi) is 3.46. The van der Waals surface area contributed by atoms with E-state index in [9.17, 15) is 0 Å². The Labute approximate surface area is 117 Å². The summed E-state index contributed by atoms with van der Waals surface area (Å²) in [5.41, 5.74) is 2.67. The minimum atomic E-state index is 0.419. The minimum Gasteiger partial charge on any atom is -0.487 e. The second kappa shape index (κ2) is 5.57. The van der Waals surface area contributed by atoms with Crippen molar-refractivity contribution in [2.75, 3.05) is 0 Å². The summed E-state index contributed by atoms with van der Waals surface area (Å²) in [4.78, 5) is 1.64. The predicted octanol–water partition coefficient (Wildman–Crippen LogP) is 3.15. The van der Waals surface area contributed by atoms with Crippen molar-refractivity contribution >= 4 is 0 Å². The summed E-state index contributed by atoms with van der Waals surface area (Å²) in [6.07, 6.45) is 0. The van der Waals surface area contributed by atoms with E-state index in [-0.39, 0.29) is 0 Å². The molecule has 0 radical (unpaired) electrons. The van der Waals surface area contributed by atoms with Crippen molar-refractivity contribution in [3.8, 4) is 11.4 Å². The van der Waals surface area contributed by atoms with Crippen molar-refractivity contribution in [3.63, 3.8) is 0 Å². The van der Waals surface area contributed by atoms with Gasteiger partial charge in [-0.05, 0) is 31.2 Å². The number of para-hydroxylation sites is 2. The number of rotatable bonds is 4. The molecular weight excluding hydrogens is 250 g/mol. The molecule has 0 aliphatic carbocycles. The SMILES string of the molecule is Cc1nn(-c2ccccc2)nc1COc1ccccc1. The Balaban J connectivity index is 1.76. The highest BCUT2D eigenvalue weighted by atomic mass is 16.5. The van der Waals surface area contributed by atoms with Crippen LogP contribution in [0.5, 0.6) is 5.75 Å². The Morgan fingerprint density at radius 1 is 0.900 bits per heavy atom. The van der Waals surface area contributed by atoms with Crippen molar-refractivity contribution in [1.29, 1.82) is 0 Å². The van der Waals surface area contributed by atoms with Crippen LogP contribution in [0.25, 0.3) is 5.69 Å². The quantitative estimate of drug-likeness (QED) is 0.727. The van der Waals surface area contributed by atoms with Crippen LogP contribution in [0.1, 0.15) is 11.4 Å². The average molecular weight is 265 g/mol. The van der Waals surface area contributed by atoms with Gasteiger partial charge in [0.1, 0.15) is 18.1 Å². The van der Waals surface area contributed by atoms with Crippen LogP contribution in [0, 0.1) is 6.92 Å². The summed E-state index contributed by atoms with van der Waals surface area (Å²) >= 11 is 0. The smallest absolute Gasteiger partial charge is 0.134 e. The fourth-order valence-corrected chi connectivity index (χ4v) is 1.89. The molecule has 4 nitrogen and oxygen atoms in total. The number of ether oxygens (including phenoxy) is 1. The van der Waals surface area contributed by atoms with Crippen molar-refractivity contribution in [2.24, 2.45) is 0 Å². The van der Waals surface area contributed by atoms with E-state index in [1.165, 1.54) is 0 Å². The first-order valence-corrected chi connectivity index (χ1v) is 6.49. The van der Waals surface area contributed by atoms with E-state index in [4.69, 9.17) is 4.74 Å². The largest absolute Gasteiger partial charge is 0.487 e. The average Bonchev–Trinajstić information content (AvgIpc) is 2.88. The Hall–Kier alpha value is -2.62. The molecule has 0 aliphatic heterocycles. The molecular formula is C16H15N3O. The topological polar surface area (TPSA) is 39.9 Å². The zero-order chi connectivity index (χ0) is 13.8. The Morgan fingerprint density at radius 2 is 1.55 bits per heavy atom. The first-order valence-electron chi connectivity index (χ1n) is 6.49. The van der Waals surface area contributed by atoms with Crippen LogP contribution in [-0.2, 0) is 6.61 Å². The van der Waals surface area contributed by atoms with Crippen molar-refractivity contribution in [1.82, 2.24) is 15.0 Å². The molecule has 0 aliphatic rings. The lowest BCUT2D eigenvalue weighted by molar-refractivity contribution is 0.300. The van der Waals surface area contributed by atoms with Crippen molar-refractivity contribution in [2.45, 2.75) is 13.5 Å². The molecule has 20 heavy (non-hydrogen) atoms. The molecule has 0 atom stereocenters. The van der Waals surface area contributed by atoms with Gasteiger partial charge in [-0.1, -0.05) is 36.4 Å². The van der Waals surface area contributed by atoms with Gasteiger partial charge in [-0.15, -0.1) is 5.10 Å². The zero-order valence-electron chi connectivity index (χ0n) is 11.2. The molecule has 0 fully saturated rings. The second-order valence-corrected chi connectivity index (χ2v) is 4.46. The molecule has 0 saturated heterocycles. The molecule has 0 unspecified atom stereocenters. The van der Waals surface area contributed by atoms with Crippen LogP contribution in [-0.4, -0.2) is 15.0 Å². The predicted molar refractivity (Wildman–Crippen MR) is 76.9 cm³/mol. The Morgan fingerprint density at radius 3 is 2.25 bits per heavy atom. The van der Waals surface area contributed by atoms with Crippen LogP contribution >= 0.6 is 0 Å². The van der Waals surface area contributed by atoms with Gasteiger partial charge in [0.2, 0.25) is 0 Å². The summed E-state index contributed by atoms with van der Waals surface area (Å²) < 4.78 is 5.71. The van der Waals surface area contributed by atoms with E-state index in [0.29, 0.717) is 6.61 Å². The summed E-state index contributed by atoms with van der Waals surface area (Å²) in [5, 5.41) is 8.89. The molecule has 100 valence electrons. The number of aryl methyl sites for hydroxylation is 1. The van der Waals surface area contributed by atoms with E-state index >= 15 is 0 Å². The molecule has 0 saturated carbocycles. The Bertz CT molecular complexity index is 677. The van der Waals surface area contributed by atoms with Crippen LogP contribution in [0.2, 0.25) is 0 Å². The van der Waals surface area contributed by atoms with Crippen LogP contribution < -0.4 is 4.74 Å². The van der Waals surface area contributed by atoms with Gasteiger partial charge in [0.15, 0.2) is 0 Å².